The summed E-state index contributed by atoms with van der Waals surface area (Å²) < 4.78 is 79.5. The van der Waals surface area contributed by atoms with E-state index in [4.69, 9.17) is 18.9 Å². The van der Waals surface area contributed by atoms with E-state index in [1.807, 2.05) is 0 Å². The molecular weight excluding hydrogens is 663 g/mol. The molecule has 0 aliphatic rings. The molecule has 1 unspecified atom stereocenters. The van der Waals surface area contributed by atoms with Gasteiger partial charge >= 0.3 is 6.09 Å². The van der Waals surface area contributed by atoms with E-state index in [0.717, 1.165) is 10.5 Å². The van der Waals surface area contributed by atoms with Gasteiger partial charge in [0.25, 0.3) is 20.0 Å². The molecule has 48 heavy (non-hydrogen) atoms. The Balaban J connectivity index is 2.00. The van der Waals surface area contributed by atoms with Crippen LogP contribution in [0.2, 0.25) is 0 Å². The standard InChI is InChI=1S/C33H37N3O10S2/c1-7-45-22-23(21-37)35(47(39,40)26-16-12-24(43-5)13-17-26)31-29-11-9-8-10-28(29)30(20-34-31)36(32(38)46-33(2,3)4)48(41,42)27-18-14-25(44-6)15-19-27/h8-21,23H,7,22H2,1-6H3. The number of hydrogen-bond donors (Lipinski definition) is 0. The summed E-state index contributed by atoms with van der Waals surface area (Å²) in [6.07, 6.45) is 0.270. The zero-order chi connectivity index (χ0) is 35.3. The van der Waals surface area contributed by atoms with Crippen molar-refractivity contribution in [2.24, 2.45) is 0 Å². The van der Waals surface area contributed by atoms with Crippen LogP contribution in [0.4, 0.5) is 16.3 Å². The fraction of sp³-hybridized carbons (Fsp3) is 0.303. The lowest BCUT2D eigenvalue weighted by Gasteiger charge is -2.31. The van der Waals surface area contributed by atoms with Crippen LogP contribution < -0.4 is 18.1 Å². The summed E-state index contributed by atoms with van der Waals surface area (Å²) in [7, 11) is -6.27. The molecule has 1 amide bonds. The van der Waals surface area contributed by atoms with Crippen LogP contribution in [-0.2, 0) is 34.3 Å². The minimum atomic E-state index is -4.64. The highest BCUT2D eigenvalue weighted by Crippen LogP contribution is 2.38. The first-order valence-corrected chi connectivity index (χ1v) is 17.6. The van der Waals surface area contributed by atoms with Crippen molar-refractivity contribution in [2.75, 3.05) is 36.0 Å². The molecule has 0 saturated heterocycles. The first kappa shape index (κ1) is 36.1. The number of rotatable bonds is 13. The van der Waals surface area contributed by atoms with Gasteiger partial charge in [0.1, 0.15) is 29.4 Å². The van der Waals surface area contributed by atoms with E-state index in [9.17, 15) is 26.4 Å². The molecule has 1 heterocycles. The lowest BCUT2D eigenvalue weighted by atomic mass is 10.1. The number of fused-ring (bicyclic) bond motifs is 1. The number of sulfonamides is 2. The Kier molecular flexibility index (Phi) is 11.0. The van der Waals surface area contributed by atoms with E-state index in [1.165, 1.54) is 74.9 Å². The first-order chi connectivity index (χ1) is 22.7. The third-order valence-corrected chi connectivity index (χ3v) is 10.4. The molecule has 1 atom stereocenters. The van der Waals surface area contributed by atoms with Crippen molar-refractivity contribution in [3.63, 3.8) is 0 Å². The molecule has 1 aromatic heterocycles. The third kappa shape index (κ3) is 7.53. The smallest absolute Gasteiger partial charge is 0.429 e. The number of anilines is 2. The second-order valence-electron chi connectivity index (χ2n) is 11.3. The summed E-state index contributed by atoms with van der Waals surface area (Å²) in [5.74, 6) is 0.604. The summed E-state index contributed by atoms with van der Waals surface area (Å²) in [6, 6.07) is 15.8. The molecular formula is C33H37N3O10S2. The minimum Gasteiger partial charge on any atom is -0.497 e. The number of ether oxygens (including phenoxy) is 4. The van der Waals surface area contributed by atoms with Gasteiger partial charge in [-0.1, -0.05) is 24.3 Å². The van der Waals surface area contributed by atoms with Crippen LogP contribution in [0.15, 0.2) is 88.8 Å². The Bertz CT molecular complexity index is 1980. The largest absolute Gasteiger partial charge is 0.497 e. The Morgan fingerprint density at radius 3 is 1.83 bits per heavy atom. The van der Waals surface area contributed by atoms with Crippen LogP contribution in [-0.4, -0.2) is 73.3 Å². The molecule has 0 saturated carbocycles. The number of benzene rings is 3. The lowest BCUT2D eigenvalue weighted by Crippen LogP contribution is -2.45. The van der Waals surface area contributed by atoms with Crippen molar-refractivity contribution >= 4 is 54.7 Å². The van der Waals surface area contributed by atoms with Crippen molar-refractivity contribution in [1.29, 1.82) is 0 Å². The SMILES string of the molecule is CCOCC(C=O)N(c1ncc(N(C(=O)OC(C)(C)C)S(=O)(=O)c2ccc(OC)cc2)c2ccccc12)S(=O)(=O)c1ccc(OC)cc1. The van der Waals surface area contributed by atoms with E-state index >= 15 is 0 Å². The quantitative estimate of drug-likeness (QED) is 0.169. The second-order valence-corrected chi connectivity index (χ2v) is 14.9. The molecule has 0 aliphatic carbocycles. The van der Waals surface area contributed by atoms with Gasteiger partial charge in [0, 0.05) is 17.4 Å². The first-order valence-electron chi connectivity index (χ1n) is 14.7. The van der Waals surface area contributed by atoms with Crippen molar-refractivity contribution in [1.82, 2.24) is 4.98 Å². The van der Waals surface area contributed by atoms with Crippen LogP contribution in [0.3, 0.4) is 0 Å². The molecule has 3 aromatic carbocycles. The molecule has 15 heteroatoms. The average molecular weight is 700 g/mol. The number of aldehydes is 1. The molecule has 256 valence electrons. The number of carbonyl (C=O) groups is 2. The van der Waals surface area contributed by atoms with Gasteiger partial charge in [0.05, 0.1) is 42.5 Å². The highest BCUT2D eigenvalue weighted by Gasteiger charge is 2.39. The van der Waals surface area contributed by atoms with Gasteiger partial charge in [-0.15, -0.1) is 0 Å². The van der Waals surface area contributed by atoms with Gasteiger partial charge in [-0.2, -0.15) is 4.31 Å². The Morgan fingerprint density at radius 1 is 0.833 bits per heavy atom. The van der Waals surface area contributed by atoms with Gasteiger partial charge in [0.15, 0.2) is 5.82 Å². The van der Waals surface area contributed by atoms with Crippen LogP contribution in [0.1, 0.15) is 27.7 Å². The van der Waals surface area contributed by atoms with E-state index < -0.39 is 37.8 Å². The average Bonchev–Trinajstić information content (AvgIpc) is 3.06. The van der Waals surface area contributed by atoms with Crippen LogP contribution in [0.25, 0.3) is 10.8 Å². The Labute approximate surface area is 280 Å². The molecule has 0 radical (unpaired) electrons. The van der Waals surface area contributed by atoms with E-state index in [1.54, 1.807) is 39.8 Å². The summed E-state index contributed by atoms with van der Waals surface area (Å²) in [4.78, 5) is 30.2. The molecule has 0 spiro atoms. The van der Waals surface area contributed by atoms with E-state index in [0.29, 0.717) is 22.1 Å². The number of hydrogen-bond acceptors (Lipinski definition) is 11. The number of amides is 1. The lowest BCUT2D eigenvalue weighted by molar-refractivity contribution is -0.109. The molecule has 4 rings (SSSR count). The molecule has 0 N–H and O–H groups in total. The topological polar surface area (TPSA) is 159 Å². The zero-order valence-electron chi connectivity index (χ0n) is 27.3. The second kappa shape index (κ2) is 14.6. The number of nitrogens with zero attached hydrogens (tertiary/aromatic N) is 3. The Hall–Kier alpha value is -4.73. The van der Waals surface area contributed by atoms with Crippen molar-refractivity contribution < 1.29 is 45.4 Å². The van der Waals surface area contributed by atoms with Gasteiger partial charge in [0.2, 0.25) is 0 Å². The monoisotopic (exact) mass is 699 g/mol. The zero-order valence-corrected chi connectivity index (χ0v) is 28.9. The fourth-order valence-electron chi connectivity index (χ4n) is 4.69. The molecule has 0 bridgehead atoms. The molecule has 0 fully saturated rings. The third-order valence-electron chi connectivity index (χ3n) is 6.90. The van der Waals surface area contributed by atoms with Crippen LogP contribution in [0, 0.1) is 0 Å². The summed E-state index contributed by atoms with van der Waals surface area (Å²) in [6.45, 7) is 6.35. The number of pyridine rings is 1. The minimum absolute atomic E-state index is 0.119. The van der Waals surface area contributed by atoms with Gasteiger partial charge in [-0.05, 0) is 76.2 Å². The maximum absolute atomic E-state index is 14.3. The Morgan fingerprint density at radius 2 is 1.35 bits per heavy atom. The van der Waals surface area contributed by atoms with Gasteiger partial charge < -0.3 is 23.7 Å². The number of methoxy groups -OCH3 is 2. The van der Waals surface area contributed by atoms with E-state index in [-0.39, 0.29) is 45.3 Å². The predicted octanol–water partition coefficient (Wildman–Crippen LogP) is 5.18. The summed E-state index contributed by atoms with van der Waals surface area (Å²) >= 11 is 0. The fourth-order valence-corrected chi connectivity index (χ4v) is 7.57. The highest BCUT2D eigenvalue weighted by molar-refractivity contribution is 7.93. The normalized spacial score (nSPS) is 12.6. The van der Waals surface area contributed by atoms with Crippen molar-refractivity contribution in [3.8, 4) is 11.5 Å². The maximum atomic E-state index is 14.3. The maximum Gasteiger partial charge on any atom is 0.429 e. The number of aromatic nitrogens is 1. The number of carbonyl (C=O) groups excluding carboxylic acids is 2. The highest BCUT2D eigenvalue weighted by atomic mass is 32.2. The molecule has 4 aromatic rings. The molecule has 13 nitrogen and oxygen atoms in total. The van der Waals surface area contributed by atoms with Crippen molar-refractivity contribution in [2.45, 2.75) is 49.1 Å². The van der Waals surface area contributed by atoms with Crippen molar-refractivity contribution in [3.05, 3.63) is 79.0 Å². The van der Waals surface area contributed by atoms with Gasteiger partial charge in [-0.3, -0.25) is 0 Å². The molecule has 0 aliphatic heterocycles. The summed E-state index contributed by atoms with van der Waals surface area (Å²) in [5, 5.41) is 0.246. The predicted molar refractivity (Wildman–Crippen MR) is 180 cm³/mol. The van der Waals surface area contributed by atoms with E-state index in [2.05, 4.69) is 4.98 Å². The van der Waals surface area contributed by atoms with Gasteiger partial charge in [-0.25, -0.2) is 30.9 Å². The summed E-state index contributed by atoms with van der Waals surface area (Å²) in [5.41, 5.74) is -1.30. The van der Waals surface area contributed by atoms with Crippen LogP contribution >= 0.6 is 0 Å². The van der Waals surface area contributed by atoms with Crippen LogP contribution in [0.5, 0.6) is 11.5 Å².